The van der Waals surface area contributed by atoms with Gasteiger partial charge in [0.05, 0.1) is 0 Å². The van der Waals surface area contributed by atoms with Crippen molar-refractivity contribution in [3.05, 3.63) is 12.3 Å². The monoisotopic (exact) mass is 198 g/mol. The van der Waals surface area contributed by atoms with Crippen LogP contribution in [-0.2, 0) is 0 Å². The molecule has 2 heteroatoms. The van der Waals surface area contributed by atoms with E-state index in [4.69, 9.17) is 0 Å². The first-order chi connectivity index (χ1) is 6.60. The third-order valence-electron chi connectivity index (χ3n) is 2.42. The highest BCUT2D eigenvalue weighted by Crippen LogP contribution is 1.98. The van der Waals surface area contributed by atoms with Gasteiger partial charge in [-0.1, -0.05) is 26.8 Å². The molecule has 14 heavy (non-hydrogen) atoms. The van der Waals surface area contributed by atoms with E-state index in [0.29, 0.717) is 6.04 Å². The van der Waals surface area contributed by atoms with Gasteiger partial charge in [0.1, 0.15) is 0 Å². The van der Waals surface area contributed by atoms with Gasteiger partial charge < -0.3 is 10.2 Å². The van der Waals surface area contributed by atoms with E-state index in [9.17, 15) is 0 Å². The van der Waals surface area contributed by atoms with E-state index < -0.39 is 0 Å². The van der Waals surface area contributed by atoms with E-state index in [-0.39, 0.29) is 0 Å². The van der Waals surface area contributed by atoms with Crippen LogP contribution in [0.1, 0.15) is 40.0 Å². The second-order valence-corrected chi connectivity index (χ2v) is 4.15. The van der Waals surface area contributed by atoms with Crippen LogP contribution in [0.15, 0.2) is 12.3 Å². The molecule has 2 nitrogen and oxygen atoms in total. The summed E-state index contributed by atoms with van der Waals surface area (Å²) in [7, 11) is 2.15. The molecule has 0 heterocycles. The number of nitrogens with one attached hydrogen (secondary N) is 1. The van der Waals surface area contributed by atoms with E-state index >= 15 is 0 Å². The maximum absolute atomic E-state index is 4.04. The molecule has 0 fully saturated rings. The molecule has 0 aliphatic heterocycles. The van der Waals surface area contributed by atoms with Gasteiger partial charge in [0.25, 0.3) is 0 Å². The fourth-order valence-corrected chi connectivity index (χ4v) is 1.33. The summed E-state index contributed by atoms with van der Waals surface area (Å²) in [5.74, 6) is 0. The van der Waals surface area contributed by atoms with Crippen LogP contribution in [0.5, 0.6) is 0 Å². The lowest BCUT2D eigenvalue weighted by molar-refractivity contribution is 0.344. The topological polar surface area (TPSA) is 15.3 Å². The molecule has 1 unspecified atom stereocenters. The molecule has 0 bridgehead atoms. The summed E-state index contributed by atoms with van der Waals surface area (Å²) in [6.07, 6.45) is 3.68. The van der Waals surface area contributed by atoms with Gasteiger partial charge >= 0.3 is 0 Å². The Balaban J connectivity index is 3.60. The Morgan fingerprint density at radius 3 is 2.57 bits per heavy atom. The maximum atomic E-state index is 4.04. The number of hydrogen-bond acceptors (Lipinski definition) is 2. The van der Waals surface area contributed by atoms with E-state index in [1.165, 1.54) is 12.8 Å². The summed E-state index contributed by atoms with van der Waals surface area (Å²) in [5.41, 5.74) is 1.14. The molecule has 0 aliphatic rings. The molecule has 0 aromatic rings. The molecule has 0 saturated heterocycles. The van der Waals surface area contributed by atoms with Crippen molar-refractivity contribution in [3.8, 4) is 0 Å². The van der Waals surface area contributed by atoms with Crippen molar-refractivity contribution < 1.29 is 0 Å². The van der Waals surface area contributed by atoms with Crippen molar-refractivity contribution in [2.75, 3.05) is 20.1 Å². The predicted molar refractivity (Wildman–Crippen MR) is 64.4 cm³/mol. The molecule has 1 atom stereocenters. The highest BCUT2D eigenvalue weighted by Gasteiger charge is 2.02. The summed E-state index contributed by atoms with van der Waals surface area (Å²) in [6, 6.07) is 0.544. The Bertz CT molecular complexity index is 154. The Morgan fingerprint density at radius 2 is 2.07 bits per heavy atom. The van der Waals surface area contributed by atoms with Gasteiger partial charge in [0, 0.05) is 18.3 Å². The molecule has 0 spiro atoms. The molecular weight excluding hydrogens is 172 g/mol. The van der Waals surface area contributed by atoms with Crippen LogP contribution in [0.4, 0.5) is 0 Å². The third-order valence-corrected chi connectivity index (χ3v) is 2.42. The SMILES string of the molecule is C=C(CN(C)CCCC)NC(C)CC. The van der Waals surface area contributed by atoms with Crippen LogP contribution in [0.25, 0.3) is 0 Å². The maximum Gasteiger partial charge on any atom is 0.0372 e. The zero-order valence-corrected chi connectivity index (χ0v) is 10.3. The molecule has 0 rings (SSSR count). The van der Waals surface area contributed by atoms with Gasteiger partial charge in [0.15, 0.2) is 0 Å². The molecule has 84 valence electrons. The van der Waals surface area contributed by atoms with Crippen molar-refractivity contribution in [1.29, 1.82) is 0 Å². The van der Waals surface area contributed by atoms with Crippen LogP contribution in [0.3, 0.4) is 0 Å². The number of unbranched alkanes of at least 4 members (excludes halogenated alkanes) is 1. The van der Waals surface area contributed by atoms with Crippen molar-refractivity contribution in [2.45, 2.75) is 46.1 Å². The molecule has 1 N–H and O–H groups in total. The van der Waals surface area contributed by atoms with Crippen LogP contribution in [-0.4, -0.2) is 31.1 Å². The summed E-state index contributed by atoms with van der Waals surface area (Å²) >= 11 is 0. The van der Waals surface area contributed by atoms with Gasteiger partial charge in [-0.25, -0.2) is 0 Å². The highest BCUT2D eigenvalue weighted by atomic mass is 15.1. The first-order valence-corrected chi connectivity index (χ1v) is 5.73. The van der Waals surface area contributed by atoms with Gasteiger partial charge in [-0.05, 0) is 33.4 Å². The van der Waals surface area contributed by atoms with Gasteiger partial charge in [-0.15, -0.1) is 0 Å². The van der Waals surface area contributed by atoms with Crippen LogP contribution >= 0.6 is 0 Å². The lowest BCUT2D eigenvalue weighted by atomic mass is 10.2. The second kappa shape index (κ2) is 7.86. The van der Waals surface area contributed by atoms with E-state index in [1.54, 1.807) is 0 Å². The lowest BCUT2D eigenvalue weighted by Gasteiger charge is -2.21. The molecular formula is C12H26N2. The summed E-state index contributed by atoms with van der Waals surface area (Å²) < 4.78 is 0. The Hall–Kier alpha value is -0.500. The van der Waals surface area contributed by atoms with Crippen molar-refractivity contribution in [3.63, 3.8) is 0 Å². The molecule has 0 aliphatic carbocycles. The molecule has 0 amide bonds. The standard InChI is InChI=1S/C12H26N2/c1-6-8-9-14(5)10-12(4)13-11(3)7-2/h11,13H,4,6-10H2,1-3,5H3. The highest BCUT2D eigenvalue weighted by molar-refractivity contribution is 4.95. The molecule has 0 saturated carbocycles. The molecule has 0 aromatic heterocycles. The normalized spacial score (nSPS) is 12.9. The van der Waals surface area contributed by atoms with Crippen LogP contribution in [0.2, 0.25) is 0 Å². The van der Waals surface area contributed by atoms with Crippen molar-refractivity contribution in [2.24, 2.45) is 0 Å². The minimum absolute atomic E-state index is 0.544. The van der Waals surface area contributed by atoms with Crippen molar-refractivity contribution >= 4 is 0 Å². The van der Waals surface area contributed by atoms with E-state index in [2.05, 4.69) is 44.6 Å². The summed E-state index contributed by atoms with van der Waals surface area (Å²) in [6.45, 7) is 12.8. The first kappa shape index (κ1) is 13.5. The Kier molecular flexibility index (Phi) is 7.58. The average molecular weight is 198 g/mol. The van der Waals surface area contributed by atoms with Gasteiger partial charge in [-0.2, -0.15) is 0 Å². The summed E-state index contributed by atoms with van der Waals surface area (Å²) in [4.78, 5) is 2.32. The third kappa shape index (κ3) is 6.96. The van der Waals surface area contributed by atoms with Crippen LogP contribution < -0.4 is 5.32 Å². The lowest BCUT2D eigenvalue weighted by Crippen LogP contribution is -2.32. The number of nitrogens with zero attached hydrogens (tertiary/aromatic N) is 1. The Labute approximate surface area is 89.4 Å². The fraction of sp³-hybridized carbons (Fsp3) is 0.833. The van der Waals surface area contributed by atoms with Gasteiger partial charge in [0.2, 0.25) is 0 Å². The van der Waals surface area contributed by atoms with E-state index in [1.807, 2.05) is 0 Å². The zero-order chi connectivity index (χ0) is 11.0. The van der Waals surface area contributed by atoms with Crippen molar-refractivity contribution in [1.82, 2.24) is 10.2 Å². The molecule has 0 radical (unpaired) electrons. The summed E-state index contributed by atoms with van der Waals surface area (Å²) in [5, 5.41) is 3.40. The molecule has 0 aromatic carbocycles. The second-order valence-electron chi connectivity index (χ2n) is 4.15. The number of likely N-dealkylation sites (N-methyl/N-ethyl adjacent to an activating group) is 1. The van der Waals surface area contributed by atoms with Crippen LogP contribution in [0, 0.1) is 0 Å². The Morgan fingerprint density at radius 1 is 1.43 bits per heavy atom. The minimum Gasteiger partial charge on any atom is -0.385 e. The van der Waals surface area contributed by atoms with E-state index in [0.717, 1.165) is 25.2 Å². The smallest absolute Gasteiger partial charge is 0.0372 e. The predicted octanol–water partition coefficient (Wildman–Crippen LogP) is 2.62. The number of hydrogen-bond donors (Lipinski definition) is 1. The number of rotatable bonds is 8. The zero-order valence-electron chi connectivity index (χ0n) is 10.3. The first-order valence-electron chi connectivity index (χ1n) is 5.73. The fourth-order valence-electron chi connectivity index (χ4n) is 1.33. The quantitative estimate of drug-likeness (QED) is 0.645. The van der Waals surface area contributed by atoms with Gasteiger partial charge in [-0.3, -0.25) is 0 Å². The average Bonchev–Trinajstić information content (AvgIpc) is 2.14. The minimum atomic E-state index is 0.544. The largest absolute Gasteiger partial charge is 0.385 e.